The van der Waals surface area contributed by atoms with Crippen LogP contribution in [0.2, 0.25) is 5.15 Å². The number of carbonyl (C=O) groups excluding carboxylic acids is 1. The van der Waals surface area contributed by atoms with Crippen LogP contribution in [0.15, 0.2) is 42.6 Å². The van der Waals surface area contributed by atoms with E-state index in [0.717, 1.165) is 0 Å². The number of rotatable bonds is 4. The van der Waals surface area contributed by atoms with Crippen molar-refractivity contribution in [1.29, 1.82) is 0 Å². The van der Waals surface area contributed by atoms with Gasteiger partial charge in [0, 0.05) is 17.4 Å². The molecule has 0 saturated heterocycles. The molecule has 5 heteroatoms. The van der Waals surface area contributed by atoms with Crippen molar-refractivity contribution in [2.75, 3.05) is 11.9 Å². The van der Waals surface area contributed by atoms with E-state index in [0.29, 0.717) is 28.8 Å². The Bertz CT molecular complexity index is 587. The normalized spacial score (nSPS) is 10.0. The second-order valence-electron chi connectivity index (χ2n) is 3.78. The van der Waals surface area contributed by atoms with E-state index in [2.05, 4.69) is 10.3 Å². The van der Waals surface area contributed by atoms with Crippen LogP contribution in [-0.2, 0) is 0 Å². The molecule has 0 aliphatic heterocycles. The third-order valence-corrected chi connectivity index (χ3v) is 2.60. The predicted octanol–water partition coefficient (Wildman–Crippen LogP) is 3.39. The molecule has 0 aliphatic rings. The molecule has 1 aromatic heterocycles. The molecule has 1 aromatic carbocycles. The van der Waals surface area contributed by atoms with Gasteiger partial charge in [-0.1, -0.05) is 17.7 Å². The summed E-state index contributed by atoms with van der Waals surface area (Å²) in [5, 5.41) is 3.08. The highest BCUT2D eigenvalue weighted by Crippen LogP contribution is 2.16. The first-order valence-corrected chi connectivity index (χ1v) is 6.22. The molecule has 1 amide bonds. The van der Waals surface area contributed by atoms with Crippen molar-refractivity contribution in [2.45, 2.75) is 6.92 Å². The number of aromatic nitrogens is 1. The van der Waals surface area contributed by atoms with Crippen LogP contribution in [0.1, 0.15) is 17.3 Å². The lowest BCUT2D eigenvalue weighted by Gasteiger charge is -2.07. The molecule has 1 N–H and O–H groups in total. The van der Waals surface area contributed by atoms with Crippen LogP contribution in [0.4, 0.5) is 5.69 Å². The number of amides is 1. The number of hydrogen-bond donors (Lipinski definition) is 1. The van der Waals surface area contributed by atoms with Crippen LogP contribution >= 0.6 is 11.6 Å². The fraction of sp³-hybridized carbons (Fsp3) is 0.143. The molecule has 1 heterocycles. The first-order chi connectivity index (χ1) is 9.19. The zero-order valence-corrected chi connectivity index (χ0v) is 11.1. The minimum Gasteiger partial charge on any atom is -0.494 e. The molecule has 0 saturated carbocycles. The quantitative estimate of drug-likeness (QED) is 0.871. The maximum atomic E-state index is 12.1. The molecule has 0 spiro atoms. The van der Waals surface area contributed by atoms with Crippen LogP contribution < -0.4 is 10.1 Å². The van der Waals surface area contributed by atoms with E-state index in [4.69, 9.17) is 16.3 Å². The summed E-state index contributed by atoms with van der Waals surface area (Å²) in [7, 11) is 0. The number of carbonyl (C=O) groups is 1. The Morgan fingerprint density at radius 1 is 1.37 bits per heavy atom. The zero-order valence-electron chi connectivity index (χ0n) is 10.4. The Morgan fingerprint density at radius 2 is 2.21 bits per heavy atom. The molecule has 0 bridgehead atoms. The van der Waals surface area contributed by atoms with Gasteiger partial charge in [-0.3, -0.25) is 4.79 Å². The topological polar surface area (TPSA) is 51.2 Å². The van der Waals surface area contributed by atoms with Crippen molar-refractivity contribution in [2.24, 2.45) is 0 Å². The SMILES string of the molecule is CCOc1cccc(C(=O)Nc2ccnc(Cl)c2)c1. The van der Waals surface area contributed by atoms with Crippen LogP contribution in [0.5, 0.6) is 5.75 Å². The zero-order chi connectivity index (χ0) is 13.7. The van der Waals surface area contributed by atoms with Crippen molar-refractivity contribution in [3.05, 3.63) is 53.3 Å². The fourth-order valence-corrected chi connectivity index (χ4v) is 1.75. The van der Waals surface area contributed by atoms with Gasteiger partial charge in [0.25, 0.3) is 5.91 Å². The molecule has 19 heavy (non-hydrogen) atoms. The van der Waals surface area contributed by atoms with E-state index in [1.54, 1.807) is 30.3 Å². The number of nitrogens with zero attached hydrogens (tertiary/aromatic N) is 1. The van der Waals surface area contributed by atoms with Crippen LogP contribution in [-0.4, -0.2) is 17.5 Å². The number of pyridine rings is 1. The van der Waals surface area contributed by atoms with Gasteiger partial charge < -0.3 is 10.1 Å². The molecule has 2 aromatic rings. The van der Waals surface area contributed by atoms with E-state index >= 15 is 0 Å². The minimum atomic E-state index is -0.219. The summed E-state index contributed by atoms with van der Waals surface area (Å²) in [6.07, 6.45) is 1.54. The summed E-state index contributed by atoms with van der Waals surface area (Å²) in [4.78, 5) is 15.9. The molecule has 2 rings (SSSR count). The van der Waals surface area contributed by atoms with Crippen molar-refractivity contribution >= 4 is 23.2 Å². The summed E-state index contributed by atoms with van der Waals surface area (Å²) in [6, 6.07) is 10.3. The Balaban J connectivity index is 2.13. The number of nitrogens with one attached hydrogen (secondary N) is 1. The Hall–Kier alpha value is -2.07. The first-order valence-electron chi connectivity index (χ1n) is 5.85. The lowest BCUT2D eigenvalue weighted by molar-refractivity contribution is 0.102. The summed E-state index contributed by atoms with van der Waals surface area (Å²) in [6.45, 7) is 2.46. The highest BCUT2D eigenvalue weighted by Gasteiger charge is 2.07. The van der Waals surface area contributed by atoms with Crippen molar-refractivity contribution < 1.29 is 9.53 Å². The van der Waals surface area contributed by atoms with Gasteiger partial charge in [-0.2, -0.15) is 0 Å². The first kappa shape index (κ1) is 13.4. The molecule has 0 atom stereocenters. The van der Waals surface area contributed by atoms with Crippen LogP contribution in [0, 0.1) is 0 Å². The van der Waals surface area contributed by atoms with Gasteiger partial charge in [0.2, 0.25) is 0 Å². The van der Waals surface area contributed by atoms with Gasteiger partial charge in [-0.05, 0) is 37.3 Å². The third kappa shape index (κ3) is 3.69. The summed E-state index contributed by atoms with van der Waals surface area (Å²) < 4.78 is 5.35. The summed E-state index contributed by atoms with van der Waals surface area (Å²) >= 11 is 5.76. The van der Waals surface area contributed by atoms with E-state index in [1.165, 1.54) is 6.20 Å². The average Bonchev–Trinajstić information content (AvgIpc) is 2.39. The molecule has 98 valence electrons. The average molecular weight is 277 g/mol. The molecule has 0 unspecified atom stereocenters. The van der Waals surface area contributed by atoms with E-state index < -0.39 is 0 Å². The number of halogens is 1. The lowest BCUT2D eigenvalue weighted by atomic mass is 10.2. The van der Waals surface area contributed by atoms with Crippen LogP contribution in [0.25, 0.3) is 0 Å². The second-order valence-corrected chi connectivity index (χ2v) is 4.17. The second kappa shape index (κ2) is 6.20. The molecular formula is C14H13ClN2O2. The summed E-state index contributed by atoms with van der Waals surface area (Å²) in [5.41, 5.74) is 1.13. The Kier molecular flexibility index (Phi) is 4.36. The van der Waals surface area contributed by atoms with Gasteiger partial charge in [0.15, 0.2) is 0 Å². The van der Waals surface area contributed by atoms with E-state index in [9.17, 15) is 4.79 Å². The highest BCUT2D eigenvalue weighted by atomic mass is 35.5. The number of hydrogen-bond acceptors (Lipinski definition) is 3. The van der Waals surface area contributed by atoms with Gasteiger partial charge in [-0.15, -0.1) is 0 Å². The molecule has 0 radical (unpaired) electrons. The minimum absolute atomic E-state index is 0.219. The molecule has 0 fully saturated rings. The van der Waals surface area contributed by atoms with Gasteiger partial charge in [0.1, 0.15) is 10.9 Å². The Labute approximate surface area is 116 Å². The number of anilines is 1. The summed E-state index contributed by atoms with van der Waals surface area (Å²) in [5.74, 6) is 0.451. The van der Waals surface area contributed by atoms with Gasteiger partial charge in [-0.25, -0.2) is 4.98 Å². The maximum Gasteiger partial charge on any atom is 0.255 e. The lowest BCUT2D eigenvalue weighted by Crippen LogP contribution is -2.12. The smallest absolute Gasteiger partial charge is 0.255 e. The van der Waals surface area contributed by atoms with E-state index in [1.807, 2.05) is 13.0 Å². The fourth-order valence-electron chi connectivity index (χ4n) is 1.58. The third-order valence-electron chi connectivity index (χ3n) is 2.39. The molecule has 4 nitrogen and oxygen atoms in total. The Morgan fingerprint density at radius 3 is 2.95 bits per heavy atom. The molecular weight excluding hydrogens is 264 g/mol. The van der Waals surface area contributed by atoms with E-state index in [-0.39, 0.29) is 5.91 Å². The van der Waals surface area contributed by atoms with Crippen molar-refractivity contribution in [1.82, 2.24) is 4.98 Å². The van der Waals surface area contributed by atoms with Gasteiger partial charge >= 0.3 is 0 Å². The predicted molar refractivity (Wildman–Crippen MR) is 74.8 cm³/mol. The van der Waals surface area contributed by atoms with Crippen molar-refractivity contribution in [3.8, 4) is 5.75 Å². The number of benzene rings is 1. The van der Waals surface area contributed by atoms with Gasteiger partial charge in [0.05, 0.1) is 6.61 Å². The highest BCUT2D eigenvalue weighted by molar-refractivity contribution is 6.29. The maximum absolute atomic E-state index is 12.1. The monoisotopic (exact) mass is 276 g/mol. The largest absolute Gasteiger partial charge is 0.494 e. The van der Waals surface area contributed by atoms with Crippen LogP contribution in [0.3, 0.4) is 0 Å². The molecule has 0 aliphatic carbocycles. The number of ether oxygens (including phenoxy) is 1. The van der Waals surface area contributed by atoms with Crippen molar-refractivity contribution in [3.63, 3.8) is 0 Å². The standard InChI is InChI=1S/C14H13ClN2O2/c1-2-19-12-5-3-4-10(8-12)14(18)17-11-6-7-16-13(15)9-11/h3-9H,2H2,1H3,(H,16,17,18).